The standard InChI is InChI=1S/C19H30O2/c1-3-15-16(13-5-7-14(20)8-6-13)11-12-19(4-2)17(15)9-10-18(19)21/h13,15-17H,3-12H2,1-2H3. The Hall–Kier alpha value is -0.660. The van der Waals surface area contributed by atoms with Crippen LogP contribution in [-0.2, 0) is 9.59 Å². The van der Waals surface area contributed by atoms with Gasteiger partial charge in [0.2, 0.25) is 0 Å². The van der Waals surface area contributed by atoms with Gasteiger partial charge in [-0.3, -0.25) is 9.59 Å². The first-order valence-corrected chi connectivity index (χ1v) is 9.17. The van der Waals surface area contributed by atoms with Crippen molar-refractivity contribution < 1.29 is 9.59 Å². The van der Waals surface area contributed by atoms with Crippen LogP contribution in [0.15, 0.2) is 0 Å². The van der Waals surface area contributed by atoms with Crippen molar-refractivity contribution in [1.82, 2.24) is 0 Å². The molecule has 118 valence electrons. The van der Waals surface area contributed by atoms with Crippen molar-refractivity contribution in [1.29, 1.82) is 0 Å². The third-order valence-corrected chi connectivity index (χ3v) is 7.23. The molecule has 0 aliphatic heterocycles. The lowest BCUT2D eigenvalue weighted by molar-refractivity contribution is -0.132. The maximum absolute atomic E-state index is 12.5. The molecule has 0 aromatic rings. The molecule has 0 radical (unpaired) electrons. The van der Waals surface area contributed by atoms with E-state index in [0.717, 1.165) is 69.1 Å². The topological polar surface area (TPSA) is 34.1 Å². The summed E-state index contributed by atoms with van der Waals surface area (Å²) < 4.78 is 0. The molecule has 0 saturated heterocycles. The molecular weight excluding hydrogens is 260 g/mol. The summed E-state index contributed by atoms with van der Waals surface area (Å²) in [4.78, 5) is 24.0. The number of carbonyl (C=O) groups excluding carboxylic acids is 2. The van der Waals surface area contributed by atoms with Crippen LogP contribution < -0.4 is 0 Å². The van der Waals surface area contributed by atoms with E-state index in [1.807, 2.05) is 0 Å². The fourth-order valence-electron chi connectivity index (χ4n) is 6.10. The van der Waals surface area contributed by atoms with E-state index in [4.69, 9.17) is 0 Å². The van der Waals surface area contributed by atoms with Gasteiger partial charge in [0, 0.05) is 24.7 Å². The number of hydrogen-bond donors (Lipinski definition) is 0. The molecule has 3 aliphatic carbocycles. The van der Waals surface area contributed by atoms with Crippen molar-refractivity contribution in [2.75, 3.05) is 0 Å². The summed E-state index contributed by atoms with van der Waals surface area (Å²) in [6.07, 6.45) is 10.4. The fraction of sp³-hybridized carbons (Fsp3) is 0.895. The number of fused-ring (bicyclic) bond motifs is 1. The second-order valence-electron chi connectivity index (χ2n) is 7.73. The van der Waals surface area contributed by atoms with E-state index in [9.17, 15) is 9.59 Å². The van der Waals surface area contributed by atoms with Crippen LogP contribution in [0.3, 0.4) is 0 Å². The minimum atomic E-state index is 0.0294. The first-order valence-electron chi connectivity index (χ1n) is 9.17. The van der Waals surface area contributed by atoms with Gasteiger partial charge in [-0.15, -0.1) is 0 Å². The van der Waals surface area contributed by atoms with Crippen LogP contribution in [0.1, 0.15) is 78.1 Å². The highest BCUT2D eigenvalue weighted by Crippen LogP contribution is 2.59. The van der Waals surface area contributed by atoms with Gasteiger partial charge in [0.15, 0.2) is 0 Å². The number of carbonyl (C=O) groups is 2. The molecule has 4 unspecified atom stereocenters. The highest BCUT2D eigenvalue weighted by Gasteiger charge is 2.55. The minimum Gasteiger partial charge on any atom is -0.300 e. The lowest BCUT2D eigenvalue weighted by atomic mass is 9.54. The second kappa shape index (κ2) is 5.85. The van der Waals surface area contributed by atoms with Crippen molar-refractivity contribution in [2.45, 2.75) is 78.1 Å². The molecule has 0 aromatic heterocycles. The molecule has 0 aromatic carbocycles. The number of rotatable bonds is 3. The molecule has 3 fully saturated rings. The van der Waals surface area contributed by atoms with Crippen molar-refractivity contribution in [3.63, 3.8) is 0 Å². The number of ketones is 2. The Morgan fingerprint density at radius 2 is 1.71 bits per heavy atom. The normalized spacial score (nSPS) is 41.3. The van der Waals surface area contributed by atoms with E-state index in [2.05, 4.69) is 13.8 Å². The molecular formula is C19H30O2. The van der Waals surface area contributed by atoms with E-state index in [1.165, 1.54) is 12.8 Å². The van der Waals surface area contributed by atoms with Crippen LogP contribution in [0, 0.1) is 29.1 Å². The largest absolute Gasteiger partial charge is 0.300 e. The van der Waals surface area contributed by atoms with E-state index in [1.54, 1.807) is 0 Å². The van der Waals surface area contributed by atoms with E-state index in [-0.39, 0.29) is 5.41 Å². The monoisotopic (exact) mass is 290 g/mol. The first-order chi connectivity index (χ1) is 10.1. The summed E-state index contributed by atoms with van der Waals surface area (Å²) >= 11 is 0. The van der Waals surface area contributed by atoms with Crippen molar-refractivity contribution >= 4 is 11.6 Å². The average molecular weight is 290 g/mol. The van der Waals surface area contributed by atoms with Gasteiger partial charge in [0.05, 0.1) is 0 Å². The molecule has 3 rings (SSSR count). The van der Waals surface area contributed by atoms with E-state index < -0.39 is 0 Å². The molecule has 21 heavy (non-hydrogen) atoms. The van der Waals surface area contributed by atoms with Gasteiger partial charge in [-0.05, 0) is 62.2 Å². The quantitative estimate of drug-likeness (QED) is 0.763. The molecule has 4 atom stereocenters. The Balaban J connectivity index is 1.79. The molecule has 0 heterocycles. The summed E-state index contributed by atoms with van der Waals surface area (Å²) in [7, 11) is 0. The Bertz CT molecular complexity index is 417. The SMILES string of the molecule is CCC1C(C2CCC(=O)CC2)CCC2(CC)C(=O)CCC12. The zero-order valence-electron chi connectivity index (χ0n) is 13.7. The molecule has 2 nitrogen and oxygen atoms in total. The predicted molar refractivity (Wildman–Crippen MR) is 83.9 cm³/mol. The maximum Gasteiger partial charge on any atom is 0.139 e. The van der Waals surface area contributed by atoms with Gasteiger partial charge in [-0.1, -0.05) is 20.3 Å². The average Bonchev–Trinajstić information content (AvgIpc) is 2.85. The smallest absolute Gasteiger partial charge is 0.139 e. The van der Waals surface area contributed by atoms with Gasteiger partial charge in [0.25, 0.3) is 0 Å². The van der Waals surface area contributed by atoms with Gasteiger partial charge in [-0.25, -0.2) is 0 Å². The summed E-state index contributed by atoms with van der Waals surface area (Å²) in [5, 5.41) is 0. The predicted octanol–water partition coefficient (Wildman–Crippen LogP) is 4.56. The molecule has 0 spiro atoms. The van der Waals surface area contributed by atoms with Crippen LogP contribution >= 0.6 is 0 Å². The fourth-order valence-corrected chi connectivity index (χ4v) is 6.10. The van der Waals surface area contributed by atoms with Gasteiger partial charge in [-0.2, -0.15) is 0 Å². The third-order valence-electron chi connectivity index (χ3n) is 7.23. The summed E-state index contributed by atoms with van der Waals surface area (Å²) in [5.41, 5.74) is 0.0294. The lowest BCUT2D eigenvalue weighted by Gasteiger charge is -2.49. The zero-order chi connectivity index (χ0) is 15.0. The van der Waals surface area contributed by atoms with Gasteiger partial charge < -0.3 is 0 Å². The van der Waals surface area contributed by atoms with Crippen LogP contribution in [-0.4, -0.2) is 11.6 Å². The minimum absolute atomic E-state index is 0.0294. The molecule has 3 saturated carbocycles. The molecule has 0 amide bonds. The highest BCUT2D eigenvalue weighted by molar-refractivity contribution is 5.87. The van der Waals surface area contributed by atoms with Crippen LogP contribution in [0.25, 0.3) is 0 Å². The van der Waals surface area contributed by atoms with Gasteiger partial charge >= 0.3 is 0 Å². The number of Topliss-reactive ketones (excluding diaryl/α,β-unsaturated/α-hetero) is 2. The zero-order valence-corrected chi connectivity index (χ0v) is 13.7. The van der Waals surface area contributed by atoms with Crippen molar-refractivity contribution in [3.05, 3.63) is 0 Å². The summed E-state index contributed by atoms with van der Waals surface area (Å²) in [6.45, 7) is 4.54. The van der Waals surface area contributed by atoms with E-state index >= 15 is 0 Å². The van der Waals surface area contributed by atoms with Crippen LogP contribution in [0.5, 0.6) is 0 Å². The van der Waals surface area contributed by atoms with Crippen LogP contribution in [0.4, 0.5) is 0 Å². The summed E-state index contributed by atoms with van der Waals surface area (Å²) in [6, 6.07) is 0. The Labute approximate surface area is 129 Å². The first kappa shape index (κ1) is 15.2. The Morgan fingerprint density at radius 3 is 2.33 bits per heavy atom. The maximum atomic E-state index is 12.5. The molecule has 2 heteroatoms. The Morgan fingerprint density at radius 1 is 1.00 bits per heavy atom. The lowest BCUT2D eigenvalue weighted by Crippen LogP contribution is -2.45. The third kappa shape index (κ3) is 2.39. The Kier molecular flexibility index (Phi) is 4.25. The second-order valence-corrected chi connectivity index (χ2v) is 7.73. The van der Waals surface area contributed by atoms with Gasteiger partial charge in [0.1, 0.15) is 11.6 Å². The molecule has 3 aliphatic rings. The molecule has 0 bridgehead atoms. The van der Waals surface area contributed by atoms with Crippen molar-refractivity contribution in [3.8, 4) is 0 Å². The van der Waals surface area contributed by atoms with Crippen molar-refractivity contribution in [2.24, 2.45) is 29.1 Å². The van der Waals surface area contributed by atoms with Crippen LogP contribution in [0.2, 0.25) is 0 Å². The van der Waals surface area contributed by atoms with E-state index in [0.29, 0.717) is 17.5 Å². The number of hydrogen-bond acceptors (Lipinski definition) is 2. The molecule has 0 N–H and O–H groups in total. The summed E-state index contributed by atoms with van der Waals surface area (Å²) in [5.74, 6) is 3.91. The highest BCUT2D eigenvalue weighted by atomic mass is 16.1.